The summed E-state index contributed by atoms with van der Waals surface area (Å²) in [6, 6.07) is 25.1. The van der Waals surface area contributed by atoms with E-state index in [-0.39, 0.29) is 11.3 Å². The summed E-state index contributed by atoms with van der Waals surface area (Å²) in [4.78, 5) is 31.9. The van der Waals surface area contributed by atoms with E-state index >= 15 is 0 Å². The first-order valence-corrected chi connectivity index (χ1v) is 15.8. The molecule has 0 fully saturated rings. The highest BCUT2D eigenvalue weighted by Crippen LogP contribution is 2.36. The summed E-state index contributed by atoms with van der Waals surface area (Å²) in [6.45, 7) is 3.71. The summed E-state index contributed by atoms with van der Waals surface area (Å²) in [7, 11) is 3.21. The van der Waals surface area contributed by atoms with Gasteiger partial charge in [-0.3, -0.25) is 14.2 Å². The molecule has 6 rings (SSSR count). The van der Waals surface area contributed by atoms with Gasteiger partial charge in [0.2, 0.25) is 0 Å². The van der Waals surface area contributed by atoms with Crippen LogP contribution in [0.2, 0.25) is 0 Å². The van der Waals surface area contributed by atoms with Crippen LogP contribution in [0.25, 0.3) is 16.8 Å². The van der Waals surface area contributed by atoms with Gasteiger partial charge in [-0.05, 0) is 94.2 Å². The average Bonchev–Trinajstić information content (AvgIpc) is 3.33. The number of hydrogen-bond acceptors (Lipinski definition) is 7. The number of halogens is 1. The number of nitrogens with zero attached hydrogens (tertiary/aromatic N) is 2. The van der Waals surface area contributed by atoms with E-state index in [1.165, 1.54) is 18.3 Å². The SMILES string of the molecule is COc1ccc(C2C(C(C)=O)=C(C)N=c3sc(=Cc4cc(I)c(OCc5cccc6ccccc56)c(OC)c4)c(=O)n32)cc1. The van der Waals surface area contributed by atoms with E-state index in [1.54, 1.807) is 18.8 Å². The number of thiazole rings is 1. The van der Waals surface area contributed by atoms with Gasteiger partial charge in [0.05, 0.1) is 28.4 Å². The highest BCUT2D eigenvalue weighted by molar-refractivity contribution is 14.1. The van der Waals surface area contributed by atoms with Gasteiger partial charge in [-0.1, -0.05) is 65.9 Å². The molecule has 44 heavy (non-hydrogen) atoms. The number of hydrogen-bond donors (Lipinski definition) is 0. The number of benzene rings is 4. The number of allylic oxidation sites excluding steroid dienone is 2. The standard InChI is InChI=1S/C35H29IN2O5S/c1-20-31(21(2)39)32(24-12-14-26(41-3)15-13-24)38-34(40)30(44-35(38)37-20)18-22-16-28(36)33(29(17-22)42-4)43-19-25-10-7-9-23-8-5-6-11-27(23)25/h5-18,32H,19H2,1-4H3. The van der Waals surface area contributed by atoms with E-state index < -0.39 is 6.04 Å². The third kappa shape index (κ3) is 5.57. The molecule has 1 aromatic heterocycles. The highest BCUT2D eigenvalue weighted by Gasteiger charge is 2.30. The number of ether oxygens (including phenoxy) is 3. The zero-order chi connectivity index (χ0) is 31.0. The average molecular weight is 717 g/mol. The second-order valence-corrected chi connectivity index (χ2v) is 12.5. The number of Topliss-reactive ketones (excluding diaryl/α,β-unsaturated/α-hetero) is 1. The predicted molar refractivity (Wildman–Crippen MR) is 181 cm³/mol. The lowest BCUT2D eigenvalue weighted by molar-refractivity contribution is -0.114. The van der Waals surface area contributed by atoms with E-state index in [0.29, 0.717) is 44.5 Å². The zero-order valence-electron chi connectivity index (χ0n) is 24.6. The van der Waals surface area contributed by atoms with Crippen molar-refractivity contribution in [3.63, 3.8) is 0 Å². The largest absolute Gasteiger partial charge is 0.497 e. The van der Waals surface area contributed by atoms with Gasteiger partial charge in [0, 0.05) is 11.3 Å². The molecule has 1 aliphatic heterocycles. The van der Waals surface area contributed by atoms with Crippen molar-refractivity contribution in [2.45, 2.75) is 26.5 Å². The third-order valence-corrected chi connectivity index (χ3v) is 9.42. The number of methoxy groups -OCH3 is 2. The lowest BCUT2D eigenvalue weighted by Crippen LogP contribution is -2.39. The van der Waals surface area contributed by atoms with Crippen LogP contribution >= 0.6 is 33.9 Å². The maximum absolute atomic E-state index is 13.9. The molecular weight excluding hydrogens is 687 g/mol. The molecule has 1 unspecified atom stereocenters. The summed E-state index contributed by atoms with van der Waals surface area (Å²) in [5, 5.41) is 2.30. The highest BCUT2D eigenvalue weighted by atomic mass is 127. The molecule has 1 atom stereocenters. The molecule has 0 aliphatic carbocycles. The molecule has 0 amide bonds. The summed E-state index contributed by atoms with van der Waals surface area (Å²) >= 11 is 3.53. The number of fused-ring (bicyclic) bond motifs is 2. The maximum Gasteiger partial charge on any atom is 0.271 e. The van der Waals surface area contributed by atoms with Crippen molar-refractivity contribution in [3.8, 4) is 17.2 Å². The molecule has 9 heteroatoms. The minimum absolute atomic E-state index is 0.125. The third-order valence-electron chi connectivity index (χ3n) is 7.63. The van der Waals surface area contributed by atoms with Crippen molar-refractivity contribution in [2.24, 2.45) is 4.99 Å². The minimum atomic E-state index is -0.587. The van der Waals surface area contributed by atoms with Gasteiger partial charge in [0.15, 0.2) is 22.1 Å². The van der Waals surface area contributed by atoms with Crippen LogP contribution in [-0.2, 0) is 11.4 Å². The van der Waals surface area contributed by atoms with Gasteiger partial charge in [0.25, 0.3) is 5.56 Å². The Labute approximate surface area is 271 Å². The van der Waals surface area contributed by atoms with Crippen LogP contribution in [0.4, 0.5) is 0 Å². The van der Waals surface area contributed by atoms with Crippen LogP contribution in [0.1, 0.15) is 36.6 Å². The quantitative estimate of drug-likeness (QED) is 0.180. The smallest absolute Gasteiger partial charge is 0.271 e. The summed E-state index contributed by atoms with van der Waals surface area (Å²) in [6.07, 6.45) is 1.83. The van der Waals surface area contributed by atoms with Crippen LogP contribution < -0.4 is 29.1 Å². The van der Waals surface area contributed by atoms with Gasteiger partial charge in [-0.15, -0.1) is 0 Å². The molecule has 1 aliphatic rings. The Morgan fingerprint density at radius 3 is 2.50 bits per heavy atom. The van der Waals surface area contributed by atoms with Crippen molar-refractivity contribution < 1.29 is 19.0 Å². The molecule has 0 N–H and O–H groups in total. The molecule has 0 radical (unpaired) electrons. The first-order chi connectivity index (χ1) is 21.3. The monoisotopic (exact) mass is 716 g/mol. The van der Waals surface area contributed by atoms with Crippen LogP contribution in [0.5, 0.6) is 17.2 Å². The Morgan fingerprint density at radius 2 is 1.77 bits per heavy atom. The van der Waals surface area contributed by atoms with Gasteiger partial charge < -0.3 is 14.2 Å². The molecule has 0 saturated carbocycles. The predicted octanol–water partition coefficient (Wildman–Crippen LogP) is 6.18. The van der Waals surface area contributed by atoms with E-state index in [2.05, 4.69) is 51.8 Å². The zero-order valence-corrected chi connectivity index (χ0v) is 27.6. The van der Waals surface area contributed by atoms with Crippen LogP contribution in [0, 0.1) is 3.57 Å². The Kier molecular flexibility index (Phi) is 8.42. The van der Waals surface area contributed by atoms with Crippen LogP contribution in [0.3, 0.4) is 0 Å². The summed E-state index contributed by atoms with van der Waals surface area (Å²) in [5.74, 6) is 1.78. The fourth-order valence-corrected chi connectivity index (χ4v) is 7.38. The van der Waals surface area contributed by atoms with E-state index in [4.69, 9.17) is 14.2 Å². The lowest BCUT2D eigenvalue weighted by atomic mass is 9.93. The van der Waals surface area contributed by atoms with Crippen molar-refractivity contribution in [3.05, 3.63) is 130 Å². The van der Waals surface area contributed by atoms with Crippen molar-refractivity contribution in [2.75, 3.05) is 14.2 Å². The molecule has 0 spiro atoms. The molecule has 0 saturated heterocycles. The maximum atomic E-state index is 13.9. The molecule has 222 valence electrons. The Balaban J connectivity index is 1.39. The Morgan fingerprint density at radius 1 is 1.02 bits per heavy atom. The first kappa shape index (κ1) is 29.8. The van der Waals surface area contributed by atoms with Gasteiger partial charge in [0.1, 0.15) is 12.4 Å². The molecule has 2 heterocycles. The molecule has 0 bridgehead atoms. The van der Waals surface area contributed by atoms with Crippen molar-refractivity contribution in [1.29, 1.82) is 0 Å². The molecule has 4 aromatic carbocycles. The van der Waals surface area contributed by atoms with E-state index in [1.807, 2.05) is 67.6 Å². The molecular formula is C35H29IN2O5S. The van der Waals surface area contributed by atoms with Gasteiger partial charge in [-0.2, -0.15) is 0 Å². The van der Waals surface area contributed by atoms with Gasteiger partial charge >= 0.3 is 0 Å². The number of rotatable bonds is 8. The number of aromatic nitrogens is 1. The fourth-order valence-electron chi connectivity index (χ4n) is 5.56. The summed E-state index contributed by atoms with van der Waals surface area (Å²) < 4.78 is 20.3. The minimum Gasteiger partial charge on any atom is -0.497 e. The van der Waals surface area contributed by atoms with Crippen molar-refractivity contribution in [1.82, 2.24) is 4.57 Å². The van der Waals surface area contributed by atoms with E-state index in [9.17, 15) is 9.59 Å². The van der Waals surface area contributed by atoms with Gasteiger partial charge in [-0.25, -0.2) is 4.99 Å². The fraction of sp³-hybridized carbons (Fsp3) is 0.171. The number of carbonyl (C=O) groups excluding carboxylic acids is 1. The normalized spacial score (nSPS) is 14.8. The number of ketones is 1. The second kappa shape index (κ2) is 12.4. The van der Waals surface area contributed by atoms with E-state index in [0.717, 1.165) is 31.0 Å². The first-order valence-electron chi connectivity index (χ1n) is 13.9. The van der Waals surface area contributed by atoms with Crippen LogP contribution in [-0.4, -0.2) is 24.6 Å². The van der Waals surface area contributed by atoms with Crippen LogP contribution in [0.15, 0.2) is 99.9 Å². The molecule has 7 nitrogen and oxygen atoms in total. The Hall–Kier alpha value is -4.22. The number of carbonyl (C=O) groups is 1. The molecule has 5 aromatic rings. The summed E-state index contributed by atoms with van der Waals surface area (Å²) in [5.41, 5.74) is 3.57. The van der Waals surface area contributed by atoms with Crippen molar-refractivity contribution >= 4 is 56.6 Å². The second-order valence-electron chi connectivity index (χ2n) is 10.4. The Bertz CT molecular complexity index is 2120. The topological polar surface area (TPSA) is 79.1 Å². The lowest BCUT2D eigenvalue weighted by Gasteiger charge is -2.24.